The number of likely N-dealkylation sites (tertiary alicyclic amines) is 1. The first-order chi connectivity index (χ1) is 15.3. The van der Waals surface area contributed by atoms with E-state index >= 15 is 0 Å². The second kappa shape index (κ2) is 10.5. The number of rotatable bonds is 7. The smallest absolute Gasteiger partial charge is 0.416 e. The number of esters is 1. The third-order valence-electron chi connectivity index (χ3n) is 5.62. The maximum atomic E-state index is 12.9. The van der Waals surface area contributed by atoms with E-state index in [2.05, 4.69) is 4.90 Å². The summed E-state index contributed by atoms with van der Waals surface area (Å²) in [6.07, 6.45) is -2.51. The second-order valence-electron chi connectivity index (χ2n) is 7.90. The molecule has 5 nitrogen and oxygen atoms in total. The van der Waals surface area contributed by atoms with Gasteiger partial charge in [-0.1, -0.05) is 24.3 Å². The zero-order chi connectivity index (χ0) is 23.1. The van der Waals surface area contributed by atoms with Crippen molar-refractivity contribution in [1.29, 1.82) is 5.26 Å². The molecule has 2 aromatic rings. The molecule has 1 fully saturated rings. The molecule has 1 aliphatic heterocycles. The summed E-state index contributed by atoms with van der Waals surface area (Å²) in [6, 6.07) is 13.9. The summed E-state index contributed by atoms with van der Waals surface area (Å²) < 4.78 is 49.4. The van der Waals surface area contributed by atoms with E-state index in [1.807, 2.05) is 13.1 Å². The molecule has 0 amide bonds. The van der Waals surface area contributed by atoms with Crippen molar-refractivity contribution >= 4 is 5.97 Å². The van der Waals surface area contributed by atoms with E-state index < -0.39 is 11.7 Å². The van der Waals surface area contributed by atoms with E-state index in [1.165, 1.54) is 12.1 Å². The van der Waals surface area contributed by atoms with Gasteiger partial charge in [0.25, 0.3) is 0 Å². The van der Waals surface area contributed by atoms with Crippen LogP contribution in [0.5, 0.6) is 5.75 Å². The first kappa shape index (κ1) is 23.6. The molecule has 0 N–H and O–H groups in total. The Kier molecular flexibility index (Phi) is 7.75. The Balaban J connectivity index is 1.59. The molecule has 0 aromatic heterocycles. The normalized spacial score (nSPS) is 19.2. The zero-order valence-electron chi connectivity index (χ0n) is 17.8. The van der Waals surface area contributed by atoms with Crippen LogP contribution in [0.3, 0.4) is 0 Å². The Labute approximate surface area is 185 Å². The van der Waals surface area contributed by atoms with Gasteiger partial charge >= 0.3 is 12.1 Å². The number of benzene rings is 2. The molecular formula is C24H25F3N2O3. The van der Waals surface area contributed by atoms with Crippen LogP contribution in [-0.4, -0.2) is 37.7 Å². The van der Waals surface area contributed by atoms with E-state index in [4.69, 9.17) is 14.7 Å². The monoisotopic (exact) mass is 446 g/mol. The highest BCUT2D eigenvalue weighted by Crippen LogP contribution is 2.37. The van der Waals surface area contributed by atoms with Gasteiger partial charge in [0.15, 0.2) is 6.61 Å². The molecule has 2 atom stereocenters. The lowest BCUT2D eigenvalue weighted by Gasteiger charge is -2.39. The van der Waals surface area contributed by atoms with Crippen LogP contribution in [0.25, 0.3) is 0 Å². The summed E-state index contributed by atoms with van der Waals surface area (Å²) in [6.45, 7) is 0.992. The van der Waals surface area contributed by atoms with Gasteiger partial charge in [0.1, 0.15) is 11.8 Å². The number of carbonyl (C=O) groups excluding carboxylic acids is 1. The Bertz CT molecular complexity index is 937. The molecule has 32 heavy (non-hydrogen) atoms. The Morgan fingerprint density at radius 2 is 1.84 bits per heavy atom. The molecule has 0 bridgehead atoms. The lowest BCUT2D eigenvalue weighted by Crippen LogP contribution is -2.38. The van der Waals surface area contributed by atoms with E-state index in [0.717, 1.165) is 42.6 Å². The third-order valence-corrected chi connectivity index (χ3v) is 5.62. The van der Waals surface area contributed by atoms with Crippen molar-refractivity contribution in [2.45, 2.75) is 31.5 Å². The summed E-state index contributed by atoms with van der Waals surface area (Å²) in [5, 5.41) is 8.54. The largest absolute Gasteiger partial charge is 0.479 e. The lowest BCUT2D eigenvalue weighted by molar-refractivity contribution is -0.145. The average Bonchev–Trinajstić information content (AvgIpc) is 2.77. The van der Waals surface area contributed by atoms with Gasteiger partial charge in [-0.3, -0.25) is 9.69 Å². The van der Waals surface area contributed by atoms with Crippen LogP contribution in [0.4, 0.5) is 13.2 Å². The molecule has 1 heterocycles. The van der Waals surface area contributed by atoms with Crippen LogP contribution >= 0.6 is 0 Å². The van der Waals surface area contributed by atoms with Crippen LogP contribution in [0, 0.1) is 17.2 Å². The molecule has 0 spiro atoms. The second-order valence-corrected chi connectivity index (χ2v) is 7.90. The summed E-state index contributed by atoms with van der Waals surface area (Å²) >= 11 is 0. The summed E-state index contributed by atoms with van der Waals surface area (Å²) in [4.78, 5) is 14.5. The number of nitrogens with zero attached hydrogens (tertiary/aromatic N) is 2. The molecule has 1 aliphatic rings. The maximum absolute atomic E-state index is 12.9. The van der Waals surface area contributed by atoms with Crippen molar-refractivity contribution in [2.24, 2.45) is 5.92 Å². The minimum Gasteiger partial charge on any atom is -0.479 e. The van der Waals surface area contributed by atoms with Crippen molar-refractivity contribution in [1.82, 2.24) is 4.90 Å². The molecule has 0 radical (unpaired) electrons. The molecule has 0 aliphatic carbocycles. The van der Waals surface area contributed by atoms with Crippen LogP contribution in [0.1, 0.15) is 35.6 Å². The molecule has 2 aromatic carbocycles. The summed E-state index contributed by atoms with van der Waals surface area (Å²) in [7, 11) is 1.94. The van der Waals surface area contributed by atoms with Crippen molar-refractivity contribution < 1.29 is 27.4 Å². The van der Waals surface area contributed by atoms with Gasteiger partial charge < -0.3 is 9.47 Å². The van der Waals surface area contributed by atoms with E-state index in [9.17, 15) is 18.0 Å². The molecule has 1 saturated heterocycles. The van der Waals surface area contributed by atoms with E-state index in [1.54, 1.807) is 24.3 Å². The molecule has 8 heteroatoms. The van der Waals surface area contributed by atoms with Crippen molar-refractivity contribution in [3.8, 4) is 11.8 Å². The van der Waals surface area contributed by atoms with Gasteiger partial charge in [0.05, 0.1) is 18.6 Å². The SMILES string of the molecule is CN1CCCC(COC(=O)Cc2ccc(OCC#N)cc2)C1c1ccc(C(F)(F)F)cc1. The van der Waals surface area contributed by atoms with Crippen molar-refractivity contribution in [3.63, 3.8) is 0 Å². The number of hydrogen-bond donors (Lipinski definition) is 0. The third kappa shape index (κ3) is 6.24. The van der Waals surface area contributed by atoms with Gasteiger partial charge in [-0.25, -0.2) is 0 Å². The van der Waals surface area contributed by atoms with E-state index in [0.29, 0.717) is 5.75 Å². The number of nitriles is 1. The Morgan fingerprint density at radius 1 is 1.16 bits per heavy atom. The summed E-state index contributed by atoms with van der Waals surface area (Å²) in [5.41, 5.74) is 0.875. The fourth-order valence-corrected chi connectivity index (χ4v) is 4.07. The number of ether oxygens (including phenoxy) is 2. The van der Waals surface area contributed by atoms with Crippen molar-refractivity contribution in [2.75, 3.05) is 26.8 Å². The van der Waals surface area contributed by atoms with Gasteiger partial charge in [-0.2, -0.15) is 18.4 Å². The number of alkyl halides is 3. The minimum absolute atomic E-state index is 0.00352. The molecule has 0 saturated carbocycles. The molecule has 3 rings (SSSR count). The Hall–Kier alpha value is -3.05. The zero-order valence-corrected chi connectivity index (χ0v) is 17.8. The number of carbonyl (C=O) groups is 1. The fraction of sp³-hybridized carbons (Fsp3) is 0.417. The topological polar surface area (TPSA) is 62.6 Å². The first-order valence-corrected chi connectivity index (χ1v) is 10.4. The number of piperidine rings is 1. The number of halogens is 3. The number of hydrogen-bond acceptors (Lipinski definition) is 5. The van der Waals surface area contributed by atoms with Gasteiger partial charge in [0.2, 0.25) is 0 Å². The van der Waals surface area contributed by atoms with Crippen molar-refractivity contribution in [3.05, 3.63) is 65.2 Å². The highest BCUT2D eigenvalue weighted by atomic mass is 19.4. The van der Waals surface area contributed by atoms with Crippen LogP contribution < -0.4 is 4.74 Å². The summed E-state index contributed by atoms with van der Waals surface area (Å²) in [5.74, 6) is 0.180. The molecular weight excluding hydrogens is 421 g/mol. The van der Waals surface area contributed by atoms with Crippen LogP contribution in [0.15, 0.2) is 48.5 Å². The predicted octanol–water partition coefficient (Wildman–Crippen LogP) is 4.78. The van der Waals surface area contributed by atoms with Crippen LogP contribution in [-0.2, 0) is 22.1 Å². The minimum atomic E-state index is -4.37. The predicted molar refractivity (Wildman–Crippen MR) is 112 cm³/mol. The highest BCUT2D eigenvalue weighted by Gasteiger charge is 2.33. The first-order valence-electron chi connectivity index (χ1n) is 10.4. The van der Waals surface area contributed by atoms with Gasteiger partial charge in [-0.15, -0.1) is 0 Å². The molecule has 170 valence electrons. The highest BCUT2D eigenvalue weighted by molar-refractivity contribution is 5.72. The Morgan fingerprint density at radius 3 is 2.47 bits per heavy atom. The van der Waals surface area contributed by atoms with Gasteiger partial charge in [-0.05, 0) is 61.8 Å². The van der Waals surface area contributed by atoms with E-state index in [-0.39, 0.29) is 37.6 Å². The lowest BCUT2D eigenvalue weighted by atomic mass is 9.85. The standard InChI is InChI=1S/C24H25F3N2O3/c1-29-13-2-3-19(23(29)18-6-8-20(9-7-18)24(25,26)27)16-32-22(30)15-17-4-10-21(11-5-17)31-14-12-28/h4-11,19,23H,2-3,13-16H2,1H3. The maximum Gasteiger partial charge on any atom is 0.416 e. The quantitative estimate of drug-likeness (QED) is 0.573. The molecule has 2 unspecified atom stereocenters. The average molecular weight is 446 g/mol. The fourth-order valence-electron chi connectivity index (χ4n) is 4.07. The van der Waals surface area contributed by atoms with Crippen LogP contribution in [0.2, 0.25) is 0 Å². The van der Waals surface area contributed by atoms with Gasteiger partial charge in [0, 0.05) is 12.0 Å².